The molecule has 3 amide bonds. The summed E-state index contributed by atoms with van der Waals surface area (Å²) in [6.45, 7) is 0. The van der Waals surface area contributed by atoms with E-state index in [9.17, 15) is 18.0 Å². The van der Waals surface area contributed by atoms with Gasteiger partial charge in [0.2, 0.25) is 10.0 Å². The molecule has 3 rings (SSSR count). The summed E-state index contributed by atoms with van der Waals surface area (Å²) in [7, 11) is -0.679. The summed E-state index contributed by atoms with van der Waals surface area (Å²) in [6.07, 6.45) is 0. The number of amides is 3. The highest BCUT2D eigenvalue weighted by Crippen LogP contribution is 2.18. The van der Waals surface area contributed by atoms with E-state index >= 15 is 0 Å². The van der Waals surface area contributed by atoms with E-state index in [-0.39, 0.29) is 4.90 Å². The van der Waals surface area contributed by atoms with Gasteiger partial charge in [-0.15, -0.1) is 0 Å². The predicted molar refractivity (Wildman–Crippen MR) is 121 cm³/mol. The van der Waals surface area contributed by atoms with Gasteiger partial charge < -0.3 is 16.0 Å². The highest BCUT2D eigenvalue weighted by atomic mass is 32.2. The Kier molecular flexibility index (Phi) is 6.68. The number of nitrogens with zero attached hydrogens (tertiary/aromatic N) is 1. The van der Waals surface area contributed by atoms with Gasteiger partial charge in [-0.1, -0.05) is 24.3 Å². The second kappa shape index (κ2) is 9.41. The van der Waals surface area contributed by atoms with Gasteiger partial charge in [0, 0.05) is 36.7 Å². The molecular weight excluding hydrogens is 416 g/mol. The molecule has 0 saturated carbocycles. The number of hydrogen-bond acceptors (Lipinski definition) is 4. The molecule has 0 unspecified atom stereocenters. The maximum Gasteiger partial charge on any atom is 0.323 e. The lowest BCUT2D eigenvalue weighted by atomic mass is 10.2. The Hall–Kier alpha value is -3.69. The van der Waals surface area contributed by atoms with Gasteiger partial charge in [0.25, 0.3) is 5.91 Å². The van der Waals surface area contributed by atoms with Crippen LogP contribution in [0.15, 0.2) is 83.8 Å². The monoisotopic (exact) mass is 438 g/mol. The summed E-state index contributed by atoms with van der Waals surface area (Å²) in [6, 6.07) is 21.0. The van der Waals surface area contributed by atoms with Gasteiger partial charge in [0.05, 0.1) is 4.90 Å². The van der Waals surface area contributed by atoms with Gasteiger partial charge in [-0.3, -0.25) is 4.79 Å². The minimum Gasteiger partial charge on any atom is -0.322 e. The Labute approximate surface area is 180 Å². The van der Waals surface area contributed by atoms with Crippen molar-refractivity contribution in [2.24, 2.45) is 0 Å². The summed E-state index contributed by atoms with van der Waals surface area (Å²) in [5.74, 6) is -0.403. The molecule has 0 aromatic heterocycles. The number of carbonyl (C=O) groups is 2. The van der Waals surface area contributed by atoms with Crippen molar-refractivity contribution in [3.63, 3.8) is 0 Å². The molecule has 0 aliphatic carbocycles. The molecule has 0 radical (unpaired) electrons. The van der Waals surface area contributed by atoms with Crippen LogP contribution in [0.1, 0.15) is 10.4 Å². The van der Waals surface area contributed by atoms with Crippen LogP contribution in [0, 0.1) is 0 Å². The number of hydrogen-bond donors (Lipinski definition) is 3. The topological polar surface area (TPSA) is 108 Å². The Morgan fingerprint density at radius 3 is 1.87 bits per heavy atom. The van der Waals surface area contributed by atoms with E-state index in [0.717, 1.165) is 4.31 Å². The van der Waals surface area contributed by atoms with Crippen molar-refractivity contribution in [2.75, 3.05) is 30.0 Å². The van der Waals surface area contributed by atoms with Crippen LogP contribution in [0.2, 0.25) is 0 Å². The first-order valence-electron chi connectivity index (χ1n) is 9.33. The van der Waals surface area contributed by atoms with Crippen molar-refractivity contribution in [1.82, 2.24) is 4.31 Å². The van der Waals surface area contributed by atoms with Crippen LogP contribution in [-0.2, 0) is 10.0 Å². The molecule has 0 fully saturated rings. The summed E-state index contributed by atoms with van der Waals surface area (Å²) >= 11 is 0. The van der Waals surface area contributed by atoms with Crippen LogP contribution in [0.4, 0.5) is 21.9 Å². The molecule has 0 spiro atoms. The zero-order valence-corrected chi connectivity index (χ0v) is 17.8. The molecule has 0 heterocycles. The smallest absolute Gasteiger partial charge is 0.322 e. The molecule has 0 saturated heterocycles. The molecule has 0 aliphatic heterocycles. The van der Waals surface area contributed by atoms with Crippen LogP contribution in [0.5, 0.6) is 0 Å². The van der Waals surface area contributed by atoms with Crippen molar-refractivity contribution < 1.29 is 18.0 Å². The SMILES string of the molecule is CN(C)S(=O)(=O)c1ccc(C(=O)Nc2cccc(NC(=O)Nc3ccccc3)c2)cc1. The van der Waals surface area contributed by atoms with E-state index in [1.807, 2.05) is 18.2 Å². The van der Waals surface area contributed by atoms with Gasteiger partial charge in [0.1, 0.15) is 0 Å². The maximum atomic E-state index is 12.5. The average molecular weight is 439 g/mol. The largest absolute Gasteiger partial charge is 0.323 e. The average Bonchev–Trinajstić information content (AvgIpc) is 2.74. The fourth-order valence-electron chi connectivity index (χ4n) is 2.68. The molecule has 0 bridgehead atoms. The fraction of sp³-hybridized carbons (Fsp3) is 0.0909. The molecule has 3 aromatic carbocycles. The standard InChI is InChI=1S/C22H22N4O4S/c1-26(2)31(29,30)20-13-11-16(12-14-20)21(27)23-18-9-6-10-19(15-18)25-22(28)24-17-7-4-3-5-8-17/h3-15H,1-2H3,(H,23,27)(H2,24,25,28). The molecular formula is C22H22N4O4S. The summed E-state index contributed by atoms with van der Waals surface area (Å²) in [5.41, 5.74) is 1.94. The van der Waals surface area contributed by atoms with Gasteiger partial charge in [-0.2, -0.15) is 0 Å². The number of rotatable bonds is 6. The number of para-hydroxylation sites is 1. The molecule has 31 heavy (non-hydrogen) atoms. The maximum absolute atomic E-state index is 12.5. The third-order valence-electron chi connectivity index (χ3n) is 4.31. The van der Waals surface area contributed by atoms with Crippen LogP contribution in [-0.4, -0.2) is 38.8 Å². The zero-order chi connectivity index (χ0) is 22.4. The zero-order valence-electron chi connectivity index (χ0n) is 17.0. The number of sulfonamides is 1. The predicted octanol–water partition coefficient (Wildman–Crippen LogP) is 3.83. The summed E-state index contributed by atoms with van der Waals surface area (Å²) in [5, 5.41) is 8.15. The molecule has 8 nitrogen and oxygen atoms in total. The minimum atomic E-state index is -3.56. The molecule has 3 aromatic rings. The second-order valence-electron chi connectivity index (χ2n) is 6.79. The van der Waals surface area contributed by atoms with E-state index in [2.05, 4.69) is 16.0 Å². The quantitative estimate of drug-likeness (QED) is 0.543. The molecule has 160 valence electrons. The fourth-order valence-corrected chi connectivity index (χ4v) is 3.58. The van der Waals surface area contributed by atoms with Crippen LogP contribution in [0.3, 0.4) is 0 Å². The van der Waals surface area contributed by atoms with E-state index in [1.165, 1.54) is 38.4 Å². The number of anilines is 3. The van der Waals surface area contributed by atoms with Crippen molar-refractivity contribution in [3.8, 4) is 0 Å². The van der Waals surface area contributed by atoms with Crippen molar-refractivity contribution in [3.05, 3.63) is 84.4 Å². The lowest BCUT2D eigenvalue weighted by Crippen LogP contribution is -2.22. The summed E-state index contributed by atoms with van der Waals surface area (Å²) in [4.78, 5) is 24.8. The van der Waals surface area contributed by atoms with Crippen LogP contribution in [0.25, 0.3) is 0 Å². The Balaban J connectivity index is 1.65. The van der Waals surface area contributed by atoms with Gasteiger partial charge >= 0.3 is 6.03 Å². The first-order valence-corrected chi connectivity index (χ1v) is 10.8. The van der Waals surface area contributed by atoms with E-state index in [0.29, 0.717) is 22.6 Å². The van der Waals surface area contributed by atoms with Crippen LogP contribution >= 0.6 is 0 Å². The number of benzene rings is 3. The molecule has 0 aliphatic rings. The van der Waals surface area contributed by atoms with Crippen molar-refractivity contribution in [1.29, 1.82) is 0 Å². The normalized spacial score (nSPS) is 11.1. The Morgan fingerprint density at radius 2 is 1.26 bits per heavy atom. The van der Waals surface area contributed by atoms with Gasteiger partial charge in [0.15, 0.2) is 0 Å². The van der Waals surface area contributed by atoms with Crippen LogP contribution < -0.4 is 16.0 Å². The minimum absolute atomic E-state index is 0.102. The number of urea groups is 1. The third kappa shape index (κ3) is 5.68. The van der Waals surface area contributed by atoms with E-state index in [1.54, 1.807) is 36.4 Å². The first-order chi connectivity index (χ1) is 14.8. The lowest BCUT2D eigenvalue weighted by molar-refractivity contribution is 0.102. The van der Waals surface area contributed by atoms with E-state index in [4.69, 9.17) is 0 Å². The van der Waals surface area contributed by atoms with E-state index < -0.39 is 22.0 Å². The highest BCUT2D eigenvalue weighted by Gasteiger charge is 2.17. The summed E-state index contributed by atoms with van der Waals surface area (Å²) < 4.78 is 25.4. The highest BCUT2D eigenvalue weighted by molar-refractivity contribution is 7.89. The molecule has 9 heteroatoms. The molecule has 3 N–H and O–H groups in total. The number of nitrogens with one attached hydrogen (secondary N) is 3. The number of carbonyl (C=O) groups excluding carboxylic acids is 2. The third-order valence-corrected chi connectivity index (χ3v) is 6.13. The Morgan fingerprint density at radius 1 is 0.710 bits per heavy atom. The lowest BCUT2D eigenvalue weighted by Gasteiger charge is -2.12. The molecule has 0 atom stereocenters. The Bertz CT molecular complexity index is 1180. The second-order valence-corrected chi connectivity index (χ2v) is 8.94. The van der Waals surface area contributed by atoms with Crippen molar-refractivity contribution >= 4 is 39.0 Å². The first kappa shape index (κ1) is 22.0. The van der Waals surface area contributed by atoms with Gasteiger partial charge in [-0.25, -0.2) is 17.5 Å². The van der Waals surface area contributed by atoms with Crippen molar-refractivity contribution in [2.45, 2.75) is 4.90 Å². The van der Waals surface area contributed by atoms with Gasteiger partial charge in [-0.05, 0) is 54.6 Å².